The normalized spacial score (nSPS) is 13.9. The monoisotopic (exact) mass is 390 g/mol. The van der Waals surface area contributed by atoms with E-state index in [4.69, 9.17) is 27.9 Å². The fourth-order valence-corrected chi connectivity index (χ4v) is 2.75. The number of rotatable bonds is 4. The van der Waals surface area contributed by atoms with Crippen molar-refractivity contribution in [2.45, 2.75) is 6.61 Å². The van der Waals surface area contributed by atoms with Gasteiger partial charge in [0, 0.05) is 21.2 Å². The number of halogens is 2. The second-order valence-electron chi connectivity index (χ2n) is 5.36. The van der Waals surface area contributed by atoms with Gasteiger partial charge >= 0.3 is 6.03 Å². The number of benzene rings is 2. The van der Waals surface area contributed by atoms with E-state index in [-0.39, 0.29) is 12.2 Å². The second-order valence-corrected chi connectivity index (χ2v) is 6.20. The molecule has 2 aromatic carbocycles. The molecule has 0 saturated carbocycles. The zero-order valence-electron chi connectivity index (χ0n) is 13.2. The van der Waals surface area contributed by atoms with Crippen molar-refractivity contribution in [1.29, 1.82) is 0 Å². The van der Waals surface area contributed by atoms with Crippen LogP contribution in [0.3, 0.4) is 0 Å². The highest BCUT2D eigenvalue weighted by molar-refractivity contribution is 6.35. The summed E-state index contributed by atoms with van der Waals surface area (Å²) < 4.78 is 5.77. The summed E-state index contributed by atoms with van der Waals surface area (Å²) in [7, 11) is 0. The van der Waals surface area contributed by atoms with Crippen LogP contribution in [0.25, 0.3) is 6.08 Å². The van der Waals surface area contributed by atoms with Crippen molar-refractivity contribution in [2.75, 3.05) is 0 Å². The maximum Gasteiger partial charge on any atom is 0.328 e. The Balaban J connectivity index is 1.84. The van der Waals surface area contributed by atoms with Gasteiger partial charge in [0.05, 0.1) is 0 Å². The van der Waals surface area contributed by atoms with Crippen LogP contribution in [0.5, 0.6) is 5.75 Å². The average molecular weight is 391 g/mol. The second kappa shape index (κ2) is 7.59. The molecule has 1 aliphatic rings. The van der Waals surface area contributed by atoms with E-state index in [1.54, 1.807) is 42.5 Å². The number of hydrogen-bond acceptors (Lipinski definition) is 4. The number of imide groups is 2. The Morgan fingerprint density at radius 2 is 1.65 bits per heavy atom. The van der Waals surface area contributed by atoms with E-state index in [1.807, 2.05) is 10.6 Å². The van der Waals surface area contributed by atoms with Gasteiger partial charge in [-0.15, -0.1) is 0 Å². The summed E-state index contributed by atoms with van der Waals surface area (Å²) in [4.78, 5) is 34.8. The zero-order valence-corrected chi connectivity index (χ0v) is 14.7. The van der Waals surface area contributed by atoms with Crippen LogP contribution in [-0.4, -0.2) is 17.8 Å². The number of para-hydroxylation sites is 1. The first-order valence-corrected chi connectivity index (χ1v) is 8.24. The summed E-state index contributed by atoms with van der Waals surface area (Å²) in [6.45, 7) is 0.174. The highest BCUT2D eigenvalue weighted by Gasteiger charge is 2.27. The molecule has 0 spiro atoms. The standard InChI is InChI=1S/C18H12Cl2N2O4/c19-12-6-5-11(14(20)8-12)9-26-15-4-2-1-3-10(15)7-13-16(23)21-18(25)22-17(13)24/h1-8H,9H2,(H2,21,22,23,24,25). The predicted octanol–water partition coefficient (Wildman–Crippen LogP) is 3.32. The van der Waals surface area contributed by atoms with Gasteiger partial charge in [0.15, 0.2) is 0 Å². The minimum absolute atomic E-state index is 0.174. The maximum absolute atomic E-state index is 11.9. The van der Waals surface area contributed by atoms with Gasteiger partial charge in [0.25, 0.3) is 11.8 Å². The van der Waals surface area contributed by atoms with Crippen molar-refractivity contribution in [2.24, 2.45) is 0 Å². The van der Waals surface area contributed by atoms with Gasteiger partial charge in [0.2, 0.25) is 0 Å². The predicted molar refractivity (Wildman–Crippen MR) is 96.9 cm³/mol. The number of hydrogen-bond donors (Lipinski definition) is 2. The van der Waals surface area contributed by atoms with Gasteiger partial charge in [-0.3, -0.25) is 20.2 Å². The van der Waals surface area contributed by atoms with E-state index in [1.165, 1.54) is 6.08 Å². The molecular formula is C18H12Cl2N2O4. The fourth-order valence-electron chi connectivity index (χ4n) is 2.29. The Labute approximate surface area is 158 Å². The molecule has 0 radical (unpaired) electrons. The van der Waals surface area contributed by atoms with Crippen molar-refractivity contribution in [1.82, 2.24) is 10.6 Å². The first-order chi connectivity index (χ1) is 12.4. The number of carbonyl (C=O) groups is 3. The number of carbonyl (C=O) groups excluding carboxylic acids is 3. The molecular weight excluding hydrogens is 379 g/mol. The van der Waals surface area contributed by atoms with E-state index in [0.717, 1.165) is 5.56 Å². The number of ether oxygens (including phenoxy) is 1. The van der Waals surface area contributed by atoms with Crippen molar-refractivity contribution < 1.29 is 19.1 Å². The molecule has 2 aromatic rings. The molecule has 2 N–H and O–H groups in total. The molecule has 0 bridgehead atoms. The quantitative estimate of drug-likeness (QED) is 0.619. The van der Waals surface area contributed by atoms with Gasteiger partial charge < -0.3 is 4.74 Å². The molecule has 6 nitrogen and oxygen atoms in total. The lowest BCUT2D eigenvalue weighted by Gasteiger charge is -2.15. The first-order valence-electron chi connectivity index (χ1n) is 7.48. The molecule has 0 atom stereocenters. The van der Waals surface area contributed by atoms with E-state index in [2.05, 4.69) is 0 Å². The molecule has 1 heterocycles. The number of nitrogens with one attached hydrogen (secondary N) is 2. The van der Waals surface area contributed by atoms with Crippen LogP contribution < -0.4 is 15.4 Å². The number of amides is 4. The molecule has 132 valence electrons. The van der Waals surface area contributed by atoms with Crippen molar-refractivity contribution in [3.05, 3.63) is 69.2 Å². The average Bonchev–Trinajstić information content (AvgIpc) is 2.58. The van der Waals surface area contributed by atoms with Gasteiger partial charge in [0.1, 0.15) is 17.9 Å². The molecule has 3 rings (SSSR count). The Morgan fingerprint density at radius 1 is 0.962 bits per heavy atom. The Hall–Kier alpha value is -2.83. The van der Waals surface area contributed by atoms with Gasteiger partial charge in [-0.05, 0) is 24.3 Å². The van der Waals surface area contributed by atoms with Gasteiger partial charge in [-0.2, -0.15) is 0 Å². The molecule has 8 heteroatoms. The summed E-state index contributed by atoms with van der Waals surface area (Å²) in [5.41, 5.74) is 1.05. The molecule has 1 fully saturated rings. The SMILES string of the molecule is O=C1NC(=O)C(=Cc2ccccc2OCc2ccc(Cl)cc2Cl)C(=O)N1. The van der Waals surface area contributed by atoms with E-state index < -0.39 is 17.8 Å². The molecule has 0 aliphatic carbocycles. The minimum Gasteiger partial charge on any atom is -0.488 e. The molecule has 1 aliphatic heterocycles. The highest BCUT2D eigenvalue weighted by atomic mass is 35.5. The summed E-state index contributed by atoms with van der Waals surface area (Å²) in [6, 6.07) is 11.1. The van der Waals surface area contributed by atoms with Crippen LogP contribution in [0.4, 0.5) is 4.79 Å². The van der Waals surface area contributed by atoms with Crippen molar-refractivity contribution in [3.8, 4) is 5.75 Å². The molecule has 0 unspecified atom stereocenters. The van der Waals surface area contributed by atoms with Gasteiger partial charge in [-0.25, -0.2) is 4.79 Å². The topological polar surface area (TPSA) is 84.5 Å². The van der Waals surface area contributed by atoms with Crippen LogP contribution >= 0.6 is 23.2 Å². The lowest BCUT2D eigenvalue weighted by atomic mass is 10.1. The Morgan fingerprint density at radius 3 is 2.35 bits per heavy atom. The number of urea groups is 1. The third-order valence-corrected chi connectivity index (χ3v) is 4.15. The van der Waals surface area contributed by atoms with Crippen molar-refractivity contribution >= 4 is 47.1 Å². The minimum atomic E-state index is -0.848. The van der Waals surface area contributed by atoms with Crippen LogP contribution in [0.2, 0.25) is 10.0 Å². The van der Waals surface area contributed by atoms with Crippen LogP contribution in [0.15, 0.2) is 48.0 Å². The molecule has 1 saturated heterocycles. The number of barbiturate groups is 1. The van der Waals surface area contributed by atoms with Crippen LogP contribution in [0.1, 0.15) is 11.1 Å². The Bertz CT molecular complexity index is 919. The first kappa shape index (κ1) is 18.0. The lowest BCUT2D eigenvalue weighted by molar-refractivity contribution is -0.123. The van der Waals surface area contributed by atoms with Crippen LogP contribution in [0, 0.1) is 0 Å². The largest absolute Gasteiger partial charge is 0.488 e. The lowest BCUT2D eigenvalue weighted by Crippen LogP contribution is -2.51. The zero-order chi connectivity index (χ0) is 18.7. The van der Waals surface area contributed by atoms with E-state index in [0.29, 0.717) is 21.4 Å². The third kappa shape index (κ3) is 4.04. The van der Waals surface area contributed by atoms with Gasteiger partial charge in [-0.1, -0.05) is 47.5 Å². The van der Waals surface area contributed by atoms with Crippen LogP contribution in [-0.2, 0) is 16.2 Å². The fraction of sp³-hybridized carbons (Fsp3) is 0.0556. The third-order valence-electron chi connectivity index (χ3n) is 3.56. The summed E-state index contributed by atoms with van der Waals surface area (Å²) in [6.07, 6.45) is 1.36. The smallest absolute Gasteiger partial charge is 0.328 e. The van der Waals surface area contributed by atoms with E-state index in [9.17, 15) is 14.4 Å². The summed E-state index contributed by atoms with van der Waals surface area (Å²) in [5, 5.41) is 5.03. The maximum atomic E-state index is 11.9. The summed E-state index contributed by atoms with van der Waals surface area (Å²) >= 11 is 12.0. The molecule has 0 aromatic heterocycles. The van der Waals surface area contributed by atoms with Crippen molar-refractivity contribution in [3.63, 3.8) is 0 Å². The molecule has 4 amide bonds. The highest BCUT2D eigenvalue weighted by Crippen LogP contribution is 2.26. The molecule has 26 heavy (non-hydrogen) atoms. The summed E-state index contributed by atoms with van der Waals surface area (Å²) in [5.74, 6) is -1.09. The Kier molecular flexibility index (Phi) is 5.25. The van der Waals surface area contributed by atoms with E-state index >= 15 is 0 Å².